The Morgan fingerprint density at radius 1 is 1.62 bits per heavy atom. The van der Waals surface area contributed by atoms with E-state index in [0.717, 1.165) is 0 Å². The van der Waals surface area contributed by atoms with E-state index in [9.17, 15) is 5.11 Å². The summed E-state index contributed by atoms with van der Waals surface area (Å²) in [4.78, 5) is 0. The molecule has 1 aromatic rings. The largest absolute Gasteiger partial charge is 0.398 e. The lowest BCUT2D eigenvalue weighted by Crippen LogP contribution is -2.03. The van der Waals surface area contributed by atoms with Crippen LogP contribution < -0.4 is 5.73 Å². The fourth-order valence-corrected chi connectivity index (χ4v) is 1.45. The van der Waals surface area contributed by atoms with Gasteiger partial charge in [0.15, 0.2) is 6.29 Å². The number of hydrogen-bond donors (Lipinski definition) is 2. The van der Waals surface area contributed by atoms with Gasteiger partial charge in [-0.05, 0) is 28.1 Å². The number of hydrogen-bond acceptors (Lipinski definition) is 3. The molecule has 0 aliphatic rings. The van der Waals surface area contributed by atoms with Crippen molar-refractivity contribution in [2.75, 3.05) is 12.8 Å². The molecule has 0 bridgehead atoms. The molecule has 13 heavy (non-hydrogen) atoms. The summed E-state index contributed by atoms with van der Waals surface area (Å²) in [6.07, 6.45) is -1.02. The van der Waals surface area contributed by atoms with Crippen LogP contribution in [-0.4, -0.2) is 12.2 Å². The molecule has 0 aromatic heterocycles. The van der Waals surface area contributed by atoms with Crippen LogP contribution in [0, 0.1) is 0 Å². The van der Waals surface area contributed by atoms with E-state index in [-0.39, 0.29) is 0 Å². The summed E-state index contributed by atoms with van der Waals surface area (Å²) >= 11 is 9.01. The van der Waals surface area contributed by atoms with Crippen molar-refractivity contribution in [3.63, 3.8) is 0 Å². The Morgan fingerprint density at radius 3 is 2.77 bits per heavy atom. The molecule has 3 N–H and O–H groups in total. The van der Waals surface area contributed by atoms with E-state index in [1.807, 2.05) is 0 Å². The number of nitrogen functional groups attached to an aromatic ring is 1. The molecule has 3 nitrogen and oxygen atoms in total. The van der Waals surface area contributed by atoms with Crippen molar-refractivity contribution in [1.82, 2.24) is 0 Å². The second-order valence-corrected chi connectivity index (χ2v) is 3.74. The second kappa shape index (κ2) is 4.28. The number of benzene rings is 1. The Morgan fingerprint density at radius 2 is 2.23 bits per heavy atom. The van der Waals surface area contributed by atoms with Gasteiger partial charge in [-0.2, -0.15) is 0 Å². The monoisotopic (exact) mass is 265 g/mol. The Bertz CT molecular complexity index is 319. The average molecular weight is 267 g/mol. The van der Waals surface area contributed by atoms with Crippen molar-refractivity contribution in [3.8, 4) is 0 Å². The van der Waals surface area contributed by atoms with Gasteiger partial charge in [0.05, 0.1) is 5.02 Å². The number of aliphatic hydroxyl groups excluding tert-OH is 1. The van der Waals surface area contributed by atoms with Gasteiger partial charge >= 0.3 is 0 Å². The number of nitrogens with two attached hydrogens (primary N) is 1. The van der Waals surface area contributed by atoms with E-state index < -0.39 is 6.29 Å². The molecule has 0 spiro atoms. The third kappa shape index (κ3) is 2.34. The zero-order valence-corrected chi connectivity index (χ0v) is 9.26. The number of ether oxygens (including phenoxy) is 1. The zero-order valence-electron chi connectivity index (χ0n) is 6.92. The number of halogens is 2. The lowest BCUT2D eigenvalue weighted by molar-refractivity contribution is -0.0764. The minimum atomic E-state index is -1.02. The predicted octanol–water partition coefficient (Wildman–Crippen LogP) is 2.32. The van der Waals surface area contributed by atoms with Crippen molar-refractivity contribution < 1.29 is 9.84 Å². The fraction of sp³-hybridized carbons (Fsp3) is 0.250. The zero-order chi connectivity index (χ0) is 10.0. The Hall–Kier alpha value is -0.290. The summed E-state index contributed by atoms with van der Waals surface area (Å²) in [6, 6.07) is 3.19. The summed E-state index contributed by atoms with van der Waals surface area (Å²) < 4.78 is 5.40. The van der Waals surface area contributed by atoms with Crippen LogP contribution in [0.25, 0.3) is 0 Å². The summed E-state index contributed by atoms with van der Waals surface area (Å²) in [5.41, 5.74) is 6.53. The molecule has 1 unspecified atom stereocenters. The van der Waals surface area contributed by atoms with E-state index >= 15 is 0 Å². The van der Waals surface area contributed by atoms with E-state index in [0.29, 0.717) is 20.7 Å². The molecule has 0 saturated heterocycles. The van der Waals surface area contributed by atoms with Gasteiger partial charge in [0.25, 0.3) is 0 Å². The number of methoxy groups -OCH3 is 1. The Kier molecular flexibility index (Phi) is 3.55. The molecule has 1 rings (SSSR count). The molecule has 0 heterocycles. The molecule has 0 aliphatic carbocycles. The molecule has 5 heteroatoms. The summed E-state index contributed by atoms with van der Waals surface area (Å²) in [7, 11) is 1.40. The Balaban J connectivity index is 3.15. The molecule has 0 fully saturated rings. The molecule has 1 aromatic carbocycles. The van der Waals surface area contributed by atoms with Gasteiger partial charge < -0.3 is 15.6 Å². The van der Waals surface area contributed by atoms with Crippen LogP contribution in [0.15, 0.2) is 16.6 Å². The first-order valence-corrected chi connectivity index (χ1v) is 4.68. The minimum Gasteiger partial charge on any atom is -0.398 e. The van der Waals surface area contributed by atoms with Crippen LogP contribution in [0.3, 0.4) is 0 Å². The van der Waals surface area contributed by atoms with E-state index in [1.165, 1.54) is 7.11 Å². The lowest BCUT2D eigenvalue weighted by atomic mass is 10.2. The highest BCUT2D eigenvalue weighted by molar-refractivity contribution is 9.10. The molecule has 0 amide bonds. The first-order valence-electron chi connectivity index (χ1n) is 3.51. The van der Waals surface area contributed by atoms with Crippen molar-refractivity contribution in [3.05, 3.63) is 27.2 Å². The van der Waals surface area contributed by atoms with E-state index in [4.69, 9.17) is 22.1 Å². The quantitative estimate of drug-likeness (QED) is 0.638. The standard InChI is InChI=1S/C8H9BrClNO2/c1-13-8(12)4-2-5(9)6(10)3-7(4)11/h2-3,8,12H,11H2,1H3. The van der Waals surface area contributed by atoms with Gasteiger partial charge in [-0.1, -0.05) is 11.6 Å². The molecule has 72 valence electrons. The first kappa shape index (κ1) is 10.8. The third-order valence-electron chi connectivity index (χ3n) is 1.62. The highest BCUT2D eigenvalue weighted by Gasteiger charge is 2.12. The van der Waals surface area contributed by atoms with Crippen LogP contribution in [-0.2, 0) is 4.74 Å². The van der Waals surface area contributed by atoms with Crippen LogP contribution in [0.2, 0.25) is 5.02 Å². The molecule has 0 saturated carbocycles. The predicted molar refractivity (Wildman–Crippen MR) is 55.5 cm³/mol. The highest BCUT2D eigenvalue weighted by Crippen LogP contribution is 2.31. The molecular formula is C8H9BrClNO2. The van der Waals surface area contributed by atoms with Crippen molar-refractivity contribution in [1.29, 1.82) is 0 Å². The average Bonchev–Trinajstić information content (AvgIpc) is 2.10. The maximum Gasteiger partial charge on any atom is 0.182 e. The number of rotatable bonds is 2. The fourth-order valence-electron chi connectivity index (χ4n) is 0.918. The van der Waals surface area contributed by atoms with E-state index in [2.05, 4.69) is 15.9 Å². The van der Waals surface area contributed by atoms with Gasteiger partial charge in [0.2, 0.25) is 0 Å². The second-order valence-electron chi connectivity index (χ2n) is 2.48. The van der Waals surface area contributed by atoms with Gasteiger partial charge in [-0.25, -0.2) is 0 Å². The molecule has 0 aliphatic heterocycles. The van der Waals surface area contributed by atoms with Crippen molar-refractivity contribution >= 4 is 33.2 Å². The first-order chi connectivity index (χ1) is 6.06. The number of aliphatic hydroxyl groups is 1. The van der Waals surface area contributed by atoms with Crippen LogP contribution in [0.5, 0.6) is 0 Å². The lowest BCUT2D eigenvalue weighted by Gasteiger charge is -2.12. The van der Waals surface area contributed by atoms with Crippen molar-refractivity contribution in [2.45, 2.75) is 6.29 Å². The summed E-state index contributed by atoms with van der Waals surface area (Å²) in [5, 5.41) is 9.86. The van der Waals surface area contributed by atoms with E-state index in [1.54, 1.807) is 12.1 Å². The third-order valence-corrected chi connectivity index (χ3v) is 2.81. The maximum absolute atomic E-state index is 9.36. The highest BCUT2D eigenvalue weighted by atomic mass is 79.9. The summed E-state index contributed by atoms with van der Waals surface area (Å²) in [5.74, 6) is 0. The molecular weight excluding hydrogens is 257 g/mol. The van der Waals surface area contributed by atoms with Gasteiger partial charge in [-0.3, -0.25) is 0 Å². The van der Waals surface area contributed by atoms with Crippen LogP contribution in [0.1, 0.15) is 11.9 Å². The van der Waals surface area contributed by atoms with Crippen LogP contribution >= 0.6 is 27.5 Å². The topological polar surface area (TPSA) is 55.5 Å². The number of anilines is 1. The molecule has 1 atom stereocenters. The van der Waals surface area contributed by atoms with Crippen LogP contribution in [0.4, 0.5) is 5.69 Å². The smallest absolute Gasteiger partial charge is 0.182 e. The van der Waals surface area contributed by atoms with Gasteiger partial charge in [0.1, 0.15) is 0 Å². The molecule has 0 radical (unpaired) electrons. The maximum atomic E-state index is 9.36. The SMILES string of the molecule is COC(O)c1cc(Br)c(Cl)cc1N. The van der Waals surface area contributed by atoms with Gasteiger partial charge in [0, 0.05) is 22.8 Å². The van der Waals surface area contributed by atoms with Gasteiger partial charge in [-0.15, -0.1) is 0 Å². The summed E-state index contributed by atoms with van der Waals surface area (Å²) in [6.45, 7) is 0. The van der Waals surface area contributed by atoms with Crippen molar-refractivity contribution in [2.24, 2.45) is 0 Å². The Labute approximate surface area is 89.6 Å². The normalized spacial score (nSPS) is 12.9. The minimum absolute atomic E-state index is 0.405.